The second-order valence-corrected chi connectivity index (χ2v) is 11.5. The smallest absolute Gasteiger partial charge is 0.309 e. The Morgan fingerprint density at radius 1 is 1.08 bits per heavy atom. The van der Waals surface area contributed by atoms with Gasteiger partial charge in [0.15, 0.2) is 0 Å². The Morgan fingerprint density at radius 3 is 2.41 bits per heavy atom. The average Bonchev–Trinajstić information content (AvgIpc) is 3.01. The number of anilines is 1. The molecule has 1 spiro atoms. The maximum atomic E-state index is 13.0. The summed E-state index contributed by atoms with van der Waals surface area (Å²) in [5.74, 6) is 1.18. The van der Waals surface area contributed by atoms with Crippen molar-refractivity contribution in [1.82, 2.24) is 0 Å². The van der Waals surface area contributed by atoms with E-state index in [9.17, 15) is 14.9 Å². The lowest BCUT2D eigenvalue weighted by Crippen LogP contribution is -2.60. The predicted octanol–water partition coefficient (Wildman–Crippen LogP) is 6.75. The monoisotopic (exact) mass is 506 g/mol. The molecule has 2 heterocycles. The first-order chi connectivity index (χ1) is 17.5. The molecule has 0 bridgehead atoms. The SMILES string of the molecule is CC(C)CC(CC(C)C)C(=O)OCCN1c2ccccc2C(C)(C)C12C=Cc1cc([N+](=O)[O-])ccc1O2. The molecular weight excluding hydrogens is 468 g/mol. The molecule has 198 valence electrons. The highest BCUT2D eigenvalue weighted by molar-refractivity contribution is 5.74. The van der Waals surface area contributed by atoms with Gasteiger partial charge in [0, 0.05) is 23.4 Å². The number of nitro groups is 1. The summed E-state index contributed by atoms with van der Waals surface area (Å²) in [4.78, 5) is 26.1. The van der Waals surface area contributed by atoms with Gasteiger partial charge in [0.1, 0.15) is 12.4 Å². The Hall–Kier alpha value is -3.35. The molecule has 1 unspecified atom stereocenters. The number of fused-ring (bicyclic) bond motifs is 2. The quantitative estimate of drug-likeness (QED) is 0.213. The first-order valence-corrected chi connectivity index (χ1v) is 13.2. The van der Waals surface area contributed by atoms with Crippen LogP contribution in [0.2, 0.25) is 0 Å². The fraction of sp³-hybridized carbons (Fsp3) is 0.500. The number of nitro benzene ring substituents is 1. The number of rotatable bonds is 9. The van der Waals surface area contributed by atoms with Crippen LogP contribution < -0.4 is 9.64 Å². The standard InChI is InChI=1S/C30H38N2O5/c1-20(2)17-23(18-21(3)4)28(33)36-16-15-31-26-10-8-7-9-25(26)29(5,6)30(31)14-13-22-19-24(32(34)35)11-12-27(22)37-30/h7-14,19-21,23H,15-18H2,1-6H3. The number of nitrogens with zero attached hydrogens (tertiary/aromatic N) is 2. The summed E-state index contributed by atoms with van der Waals surface area (Å²) in [5.41, 5.74) is 1.54. The number of hydrogen-bond acceptors (Lipinski definition) is 6. The van der Waals surface area contributed by atoms with Gasteiger partial charge in [-0.05, 0) is 68.4 Å². The van der Waals surface area contributed by atoms with Crippen LogP contribution in [-0.4, -0.2) is 29.8 Å². The van der Waals surface area contributed by atoms with Crippen LogP contribution in [0.3, 0.4) is 0 Å². The zero-order chi connectivity index (χ0) is 27.0. The Kier molecular flexibility index (Phi) is 7.36. The molecule has 0 amide bonds. The fourth-order valence-corrected chi connectivity index (χ4v) is 5.77. The van der Waals surface area contributed by atoms with E-state index < -0.39 is 16.1 Å². The zero-order valence-electron chi connectivity index (χ0n) is 22.7. The molecular formula is C30H38N2O5. The van der Waals surface area contributed by atoms with E-state index in [4.69, 9.17) is 9.47 Å². The van der Waals surface area contributed by atoms with Gasteiger partial charge in [-0.1, -0.05) is 45.9 Å². The number of non-ortho nitro benzene ring substituents is 1. The number of ether oxygens (including phenoxy) is 2. The van der Waals surface area contributed by atoms with Crippen LogP contribution >= 0.6 is 0 Å². The third-order valence-electron chi connectivity index (χ3n) is 7.53. The summed E-state index contributed by atoms with van der Waals surface area (Å²) >= 11 is 0. The van der Waals surface area contributed by atoms with Gasteiger partial charge >= 0.3 is 5.97 Å². The van der Waals surface area contributed by atoms with Crippen LogP contribution in [0.4, 0.5) is 11.4 Å². The molecule has 0 saturated heterocycles. The molecule has 7 nitrogen and oxygen atoms in total. The highest BCUT2D eigenvalue weighted by Crippen LogP contribution is 2.54. The van der Waals surface area contributed by atoms with E-state index in [-0.39, 0.29) is 24.2 Å². The van der Waals surface area contributed by atoms with Gasteiger partial charge in [0.2, 0.25) is 5.72 Å². The molecule has 0 saturated carbocycles. The van der Waals surface area contributed by atoms with Gasteiger partial charge in [-0.2, -0.15) is 0 Å². The molecule has 37 heavy (non-hydrogen) atoms. The first-order valence-electron chi connectivity index (χ1n) is 13.2. The average molecular weight is 507 g/mol. The molecule has 0 aliphatic carbocycles. The van der Waals surface area contributed by atoms with E-state index in [1.165, 1.54) is 12.1 Å². The van der Waals surface area contributed by atoms with E-state index in [0.29, 0.717) is 29.7 Å². The molecule has 0 radical (unpaired) electrons. The van der Waals surface area contributed by atoms with Crippen LogP contribution in [0.5, 0.6) is 5.75 Å². The van der Waals surface area contributed by atoms with Crippen LogP contribution in [-0.2, 0) is 14.9 Å². The summed E-state index contributed by atoms with van der Waals surface area (Å²) < 4.78 is 12.6. The van der Waals surface area contributed by atoms with Gasteiger partial charge in [-0.25, -0.2) is 0 Å². The van der Waals surface area contributed by atoms with Crippen molar-refractivity contribution in [1.29, 1.82) is 0 Å². The van der Waals surface area contributed by atoms with Crippen molar-refractivity contribution in [2.24, 2.45) is 17.8 Å². The number of carbonyl (C=O) groups excluding carboxylic acids is 1. The van der Waals surface area contributed by atoms with Gasteiger partial charge in [-0.15, -0.1) is 0 Å². The highest BCUT2D eigenvalue weighted by atomic mass is 16.6. The number of hydrogen-bond donors (Lipinski definition) is 0. The Bertz CT molecular complexity index is 1190. The molecule has 2 aromatic carbocycles. The number of benzene rings is 2. The predicted molar refractivity (Wildman–Crippen MR) is 146 cm³/mol. The Labute approximate surface area is 219 Å². The van der Waals surface area contributed by atoms with Gasteiger partial charge in [0.25, 0.3) is 5.69 Å². The second kappa shape index (κ2) is 10.2. The van der Waals surface area contributed by atoms with Crippen molar-refractivity contribution >= 4 is 23.4 Å². The molecule has 2 aliphatic heterocycles. The lowest BCUT2D eigenvalue weighted by atomic mass is 9.76. The van der Waals surface area contributed by atoms with E-state index in [1.807, 2.05) is 24.3 Å². The Balaban J connectivity index is 1.61. The highest BCUT2D eigenvalue weighted by Gasteiger charge is 2.58. The minimum atomic E-state index is -0.874. The zero-order valence-corrected chi connectivity index (χ0v) is 22.7. The van der Waals surface area contributed by atoms with Crippen LogP contribution in [0.1, 0.15) is 65.5 Å². The van der Waals surface area contributed by atoms with Crippen molar-refractivity contribution in [3.05, 3.63) is 69.8 Å². The van der Waals surface area contributed by atoms with Crippen LogP contribution in [0.15, 0.2) is 48.5 Å². The van der Waals surface area contributed by atoms with Gasteiger partial charge in [-0.3, -0.25) is 14.9 Å². The topological polar surface area (TPSA) is 81.9 Å². The lowest BCUT2D eigenvalue weighted by molar-refractivity contribution is -0.384. The summed E-state index contributed by atoms with van der Waals surface area (Å²) in [5, 5.41) is 11.3. The molecule has 4 rings (SSSR count). The van der Waals surface area contributed by atoms with Crippen molar-refractivity contribution in [2.75, 3.05) is 18.1 Å². The molecule has 0 N–H and O–H groups in total. The van der Waals surface area contributed by atoms with Crippen molar-refractivity contribution < 1.29 is 19.2 Å². The minimum Gasteiger partial charge on any atom is -0.464 e. The van der Waals surface area contributed by atoms with Gasteiger partial charge < -0.3 is 14.4 Å². The molecule has 2 aromatic rings. The molecule has 0 aromatic heterocycles. The largest absolute Gasteiger partial charge is 0.464 e. The van der Waals surface area contributed by atoms with E-state index in [2.05, 4.69) is 58.6 Å². The number of esters is 1. The van der Waals surface area contributed by atoms with E-state index in [0.717, 1.165) is 24.1 Å². The fourth-order valence-electron chi connectivity index (χ4n) is 5.77. The van der Waals surface area contributed by atoms with Crippen LogP contribution in [0.25, 0.3) is 6.08 Å². The van der Waals surface area contributed by atoms with Crippen molar-refractivity contribution in [3.8, 4) is 5.75 Å². The maximum absolute atomic E-state index is 13.0. The number of carbonyl (C=O) groups is 1. The maximum Gasteiger partial charge on any atom is 0.309 e. The summed E-state index contributed by atoms with van der Waals surface area (Å²) in [6, 6.07) is 12.9. The molecule has 0 fully saturated rings. The summed E-state index contributed by atoms with van der Waals surface area (Å²) in [7, 11) is 0. The molecule has 7 heteroatoms. The third kappa shape index (κ3) is 4.96. The molecule has 2 aliphatic rings. The summed E-state index contributed by atoms with van der Waals surface area (Å²) in [6.45, 7) is 13.5. The van der Waals surface area contributed by atoms with E-state index >= 15 is 0 Å². The van der Waals surface area contributed by atoms with Crippen molar-refractivity contribution in [3.63, 3.8) is 0 Å². The third-order valence-corrected chi connectivity index (χ3v) is 7.53. The minimum absolute atomic E-state index is 0.0260. The normalized spacial score (nSPS) is 19.3. The first kappa shape index (κ1) is 26.7. The van der Waals surface area contributed by atoms with Gasteiger partial charge in [0.05, 0.1) is 22.8 Å². The second-order valence-electron chi connectivity index (χ2n) is 11.5. The van der Waals surface area contributed by atoms with E-state index in [1.54, 1.807) is 6.07 Å². The lowest BCUT2D eigenvalue weighted by Gasteiger charge is -2.47. The molecule has 1 atom stereocenters. The number of para-hydroxylation sites is 1. The van der Waals surface area contributed by atoms with Crippen molar-refractivity contribution in [2.45, 2.75) is 65.5 Å². The van der Waals surface area contributed by atoms with Crippen LogP contribution in [0, 0.1) is 27.9 Å². The Morgan fingerprint density at radius 2 is 1.76 bits per heavy atom. The summed E-state index contributed by atoms with van der Waals surface area (Å²) in [6.07, 6.45) is 5.52.